The van der Waals surface area contributed by atoms with E-state index >= 15 is 0 Å². The van der Waals surface area contributed by atoms with E-state index in [4.69, 9.17) is 16.1 Å². The Morgan fingerprint density at radius 1 is 1.38 bits per heavy atom. The highest BCUT2D eigenvalue weighted by atomic mass is 35.5. The first-order valence-electron chi connectivity index (χ1n) is 5.28. The molecule has 2 aromatic rings. The van der Waals surface area contributed by atoms with Crippen LogP contribution in [0, 0.1) is 0 Å². The van der Waals surface area contributed by atoms with Crippen molar-refractivity contribution < 1.29 is 4.52 Å². The molecule has 1 aliphatic rings. The lowest BCUT2D eigenvalue weighted by atomic mass is 10.0. The van der Waals surface area contributed by atoms with Crippen LogP contribution in [0.1, 0.15) is 11.3 Å². The minimum atomic E-state index is 0.719. The molecule has 82 valence electrons. The monoisotopic (exact) mass is 234 g/mol. The van der Waals surface area contributed by atoms with Crippen molar-refractivity contribution >= 4 is 11.6 Å². The third-order valence-corrected chi connectivity index (χ3v) is 3.04. The fourth-order valence-corrected chi connectivity index (χ4v) is 2.21. The number of hydrogen-bond donors (Lipinski definition) is 1. The molecule has 1 aromatic carbocycles. The van der Waals surface area contributed by atoms with Crippen LogP contribution in [-0.4, -0.2) is 11.7 Å². The van der Waals surface area contributed by atoms with Gasteiger partial charge in [0.15, 0.2) is 5.76 Å². The molecule has 1 N–H and O–H groups in total. The van der Waals surface area contributed by atoms with Gasteiger partial charge in [-0.05, 0) is 25.1 Å². The van der Waals surface area contributed by atoms with Crippen molar-refractivity contribution in [3.05, 3.63) is 40.5 Å². The van der Waals surface area contributed by atoms with Crippen LogP contribution in [0.5, 0.6) is 0 Å². The fraction of sp³-hybridized carbons (Fsp3) is 0.250. The van der Waals surface area contributed by atoms with Crippen LogP contribution in [-0.2, 0) is 13.0 Å². The Kier molecular flexibility index (Phi) is 2.42. The molecule has 3 rings (SSSR count). The van der Waals surface area contributed by atoms with Gasteiger partial charge in [-0.2, -0.15) is 0 Å². The van der Waals surface area contributed by atoms with Gasteiger partial charge < -0.3 is 9.84 Å². The number of hydrogen-bond acceptors (Lipinski definition) is 3. The predicted octanol–water partition coefficient (Wildman–Crippen LogP) is 2.64. The number of aromatic nitrogens is 1. The fourth-order valence-electron chi connectivity index (χ4n) is 2.02. The maximum atomic E-state index is 5.97. The number of fused-ring (bicyclic) bond motifs is 1. The maximum Gasteiger partial charge on any atom is 0.170 e. The summed E-state index contributed by atoms with van der Waals surface area (Å²) >= 11 is 5.97. The zero-order chi connectivity index (χ0) is 11.0. The Morgan fingerprint density at radius 3 is 3.19 bits per heavy atom. The molecular formula is C12H11ClN2O. The second-order valence-corrected chi connectivity index (χ2v) is 4.31. The summed E-state index contributed by atoms with van der Waals surface area (Å²) < 4.78 is 5.41. The number of nitrogens with zero attached hydrogens (tertiary/aromatic N) is 1. The van der Waals surface area contributed by atoms with E-state index in [-0.39, 0.29) is 0 Å². The molecule has 0 bridgehead atoms. The van der Waals surface area contributed by atoms with Crippen LogP contribution in [0.2, 0.25) is 5.02 Å². The minimum Gasteiger partial charge on any atom is -0.356 e. The minimum absolute atomic E-state index is 0.719. The molecule has 0 saturated carbocycles. The largest absolute Gasteiger partial charge is 0.356 e. The summed E-state index contributed by atoms with van der Waals surface area (Å²) in [6.07, 6.45) is 0.959. The summed E-state index contributed by atoms with van der Waals surface area (Å²) in [6.45, 7) is 1.77. The van der Waals surface area contributed by atoms with Gasteiger partial charge in [-0.15, -0.1) is 0 Å². The van der Waals surface area contributed by atoms with Crippen molar-refractivity contribution in [1.29, 1.82) is 0 Å². The number of benzene rings is 1. The van der Waals surface area contributed by atoms with Gasteiger partial charge >= 0.3 is 0 Å². The molecule has 0 unspecified atom stereocenters. The number of halogens is 1. The maximum absolute atomic E-state index is 5.97. The summed E-state index contributed by atoms with van der Waals surface area (Å²) in [5, 5.41) is 8.07. The summed E-state index contributed by atoms with van der Waals surface area (Å²) in [6, 6.07) is 7.68. The third kappa shape index (κ3) is 1.62. The summed E-state index contributed by atoms with van der Waals surface area (Å²) in [5.41, 5.74) is 3.23. The van der Waals surface area contributed by atoms with E-state index < -0.39 is 0 Å². The van der Waals surface area contributed by atoms with Crippen molar-refractivity contribution in [2.24, 2.45) is 0 Å². The van der Waals surface area contributed by atoms with E-state index in [1.165, 1.54) is 5.56 Å². The zero-order valence-electron chi connectivity index (χ0n) is 8.66. The molecule has 3 nitrogen and oxygen atoms in total. The topological polar surface area (TPSA) is 38.1 Å². The van der Waals surface area contributed by atoms with Crippen LogP contribution < -0.4 is 5.32 Å². The Hall–Kier alpha value is -1.32. The Labute approximate surface area is 98.4 Å². The SMILES string of the molecule is Clc1cccc(-c2onc3c2CCNC3)c1. The summed E-state index contributed by atoms with van der Waals surface area (Å²) in [5.74, 6) is 0.860. The van der Waals surface area contributed by atoms with E-state index in [1.807, 2.05) is 24.3 Å². The molecule has 4 heteroatoms. The Morgan fingerprint density at radius 2 is 2.31 bits per heavy atom. The highest BCUT2D eigenvalue weighted by molar-refractivity contribution is 6.30. The van der Waals surface area contributed by atoms with E-state index in [2.05, 4.69) is 10.5 Å². The Balaban J connectivity index is 2.09. The second kappa shape index (κ2) is 3.92. The Bertz CT molecular complexity index is 521. The lowest BCUT2D eigenvalue weighted by Gasteiger charge is -2.10. The third-order valence-electron chi connectivity index (χ3n) is 2.80. The van der Waals surface area contributed by atoms with Gasteiger partial charge in [0.2, 0.25) is 0 Å². The summed E-state index contributed by atoms with van der Waals surface area (Å²) in [7, 11) is 0. The highest BCUT2D eigenvalue weighted by Gasteiger charge is 2.19. The smallest absolute Gasteiger partial charge is 0.170 e. The average Bonchev–Trinajstić information content (AvgIpc) is 2.72. The van der Waals surface area contributed by atoms with Gasteiger partial charge in [0.05, 0.1) is 0 Å². The van der Waals surface area contributed by atoms with Gasteiger partial charge in [-0.1, -0.05) is 28.9 Å². The molecule has 0 aliphatic carbocycles. The summed E-state index contributed by atoms with van der Waals surface area (Å²) in [4.78, 5) is 0. The van der Waals surface area contributed by atoms with Crippen molar-refractivity contribution in [3.63, 3.8) is 0 Å². The molecule has 16 heavy (non-hydrogen) atoms. The van der Waals surface area contributed by atoms with Crippen LogP contribution in [0.25, 0.3) is 11.3 Å². The number of rotatable bonds is 1. The zero-order valence-corrected chi connectivity index (χ0v) is 9.42. The quantitative estimate of drug-likeness (QED) is 0.825. The lowest BCUT2D eigenvalue weighted by molar-refractivity contribution is 0.421. The van der Waals surface area contributed by atoms with E-state index in [0.717, 1.165) is 41.6 Å². The van der Waals surface area contributed by atoms with Gasteiger partial charge in [-0.25, -0.2) is 0 Å². The normalized spacial score (nSPS) is 14.8. The standard InChI is InChI=1S/C12H11ClN2O/c13-9-3-1-2-8(6-9)12-10-4-5-14-7-11(10)15-16-12/h1-3,6,14H,4-5,7H2. The van der Waals surface area contributed by atoms with Gasteiger partial charge in [-0.3, -0.25) is 0 Å². The molecule has 0 fully saturated rings. The second-order valence-electron chi connectivity index (χ2n) is 3.87. The molecule has 1 aromatic heterocycles. The van der Waals surface area contributed by atoms with E-state index in [0.29, 0.717) is 0 Å². The molecule has 0 saturated heterocycles. The van der Waals surface area contributed by atoms with Gasteiger partial charge in [0.25, 0.3) is 0 Å². The van der Waals surface area contributed by atoms with E-state index in [9.17, 15) is 0 Å². The van der Waals surface area contributed by atoms with Crippen molar-refractivity contribution in [1.82, 2.24) is 10.5 Å². The van der Waals surface area contributed by atoms with Crippen LogP contribution in [0.3, 0.4) is 0 Å². The van der Waals surface area contributed by atoms with Crippen molar-refractivity contribution in [2.75, 3.05) is 6.54 Å². The molecule has 0 amide bonds. The highest BCUT2D eigenvalue weighted by Crippen LogP contribution is 2.29. The van der Waals surface area contributed by atoms with Crippen LogP contribution in [0.15, 0.2) is 28.8 Å². The molecule has 0 spiro atoms. The van der Waals surface area contributed by atoms with Gasteiger partial charge in [0.1, 0.15) is 5.69 Å². The predicted molar refractivity (Wildman–Crippen MR) is 62.4 cm³/mol. The van der Waals surface area contributed by atoms with Crippen molar-refractivity contribution in [3.8, 4) is 11.3 Å². The first-order valence-corrected chi connectivity index (χ1v) is 5.66. The average molecular weight is 235 g/mol. The molecule has 0 atom stereocenters. The van der Waals surface area contributed by atoms with Crippen molar-refractivity contribution in [2.45, 2.75) is 13.0 Å². The molecule has 0 radical (unpaired) electrons. The van der Waals surface area contributed by atoms with Crippen LogP contribution in [0.4, 0.5) is 0 Å². The lowest BCUT2D eigenvalue weighted by Crippen LogP contribution is -2.23. The molecule has 1 aliphatic heterocycles. The van der Waals surface area contributed by atoms with Crippen LogP contribution >= 0.6 is 11.6 Å². The first-order chi connectivity index (χ1) is 7.84. The van der Waals surface area contributed by atoms with Gasteiger partial charge in [0, 0.05) is 22.7 Å². The molecule has 2 heterocycles. The van der Waals surface area contributed by atoms with E-state index in [1.54, 1.807) is 0 Å². The first kappa shape index (κ1) is 9.87. The molecular weight excluding hydrogens is 224 g/mol. The number of nitrogens with one attached hydrogen (secondary N) is 1.